The van der Waals surface area contributed by atoms with E-state index in [1.165, 1.54) is 11.3 Å². The van der Waals surface area contributed by atoms with E-state index in [1.54, 1.807) is 5.38 Å². The Morgan fingerprint density at radius 2 is 2.12 bits per heavy atom. The van der Waals surface area contributed by atoms with Crippen LogP contribution in [-0.4, -0.2) is 27.8 Å². The van der Waals surface area contributed by atoms with Crippen LogP contribution >= 0.6 is 11.3 Å². The van der Waals surface area contributed by atoms with E-state index in [9.17, 15) is 19.7 Å². The number of amides is 1. The van der Waals surface area contributed by atoms with Crippen LogP contribution in [-0.2, 0) is 27.4 Å². The molecule has 0 bridgehead atoms. The second kappa shape index (κ2) is 7.61. The molecule has 1 N–H and O–H groups in total. The van der Waals surface area contributed by atoms with E-state index in [2.05, 4.69) is 10.3 Å². The number of aryl methyl sites for hydroxylation is 1. The summed E-state index contributed by atoms with van der Waals surface area (Å²) in [5.41, 5.74) is 2.36. The van der Waals surface area contributed by atoms with Gasteiger partial charge in [-0.25, -0.2) is 4.98 Å². The summed E-state index contributed by atoms with van der Waals surface area (Å²) in [4.78, 5) is 38.1. The SMILES string of the molecule is Cc1ccc(NC(=O)Cc2nc(COC(=O)C3CC3[N+](=O)[O-])cs2)cc1. The lowest BCUT2D eigenvalue weighted by atomic mass is 10.2. The number of nitrogens with zero attached hydrogens (tertiary/aromatic N) is 2. The van der Waals surface area contributed by atoms with Crippen molar-refractivity contribution in [2.75, 3.05) is 5.32 Å². The van der Waals surface area contributed by atoms with Crippen LogP contribution in [0.5, 0.6) is 0 Å². The highest BCUT2D eigenvalue weighted by molar-refractivity contribution is 7.09. The number of nitrogens with one attached hydrogen (secondary N) is 1. The quantitative estimate of drug-likeness (QED) is 0.452. The van der Waals surface area contributed by atoms with Crippen LogP contribution in [0.3, 0.4) is 0 Å². The van der Waals surface area contributed by atoms with Crippen molar-refractivity contribution in [2.45, 2.75) is 32.4 Å². The average molecular weight is 375 g/mol. The molecule has 1 aromatic heterocycles. The Labute approximate surface area is 153 Å². The number of esters is 1. The van der Waals surface area contributed by atoms with E-state index in [0.717, 1.165) is 11.3 Å². The van der Waals surface area contributed by atoms with E-state index in [4.69, 9.17) is 4.74 Å². The predicted octanol–water partition coefficient (Wildman–Crippen LogP) is 2.34. The van der Waals surface area contributed by atoms with E-state index >= 15 is 0 Å². The molecule has 0 aliphatic heterocycles. The van der Waals surface area contributed by atoms with Gasteiger partial charge >= 0.3 is 5.97 Å². The Kier molecular flexibility index (Phi) is 5.27. The maximum absolute atomic E-state index is 12.0. The predicted molar refractivity (Wildman–Crippen MR) is 94.3 cm³/mol. The van der Waals surface area contributed by atoms with Crippen LogP contribution < -0.4 is 5.32 Å². The summed E-state index contributed by atoms with van der Waals surface area (Å²) < 4.78 is 5.06. The van der Waals surface area contributed by atoms with Crippen molar-refractivity contribution >= 4 is 28.9 Å². The van der Waals surface area contributed by atoms with Crippen molar-refractivity contribution in [1.29, 1.82) is 0 Å². The molecule has 1 saturated carbocycles. The fraction of sp³-hybridized carbons (Fsp3) is 0.353. The normalized spacial score (nSPS) is 18.2. The Morgan fingerprint density at radius 3 is 2.77 bits per heavy atom. The Balaban J connectivity index is 1.45. The molecule has 2 atom stereocenters. The molecule has 1 amide bonds. The van der Waals surface area contributed by atoms with Gasteiger partial charge in [0.05, 0.1) is 12.1 Å². The highest BCUT2D eigenvalue weighted by atomic mass is 32.1. The molecule has 1 fully saturated rings. The third-order valence-corrected chi connectivity index (χ3v) is 4.84. The Morgan fingerprint density at radius 1 is 1.38 bits per heavy atom. The maximum atomic E-state index is 12.0. The summed E-state index contributed by atoms with van der Waals surface area (Å²) in [6.07, 6.45) is 0.353. The van der Waals surface area contributed by atoms with Crippen LogP contribution in [0.25, 0.3) is 0 Å². The molecule has 1 aromatic carbocycles. The molecule has 26 heavy (non-hydrogen) atoms. The smallest absolute Gasteiger partial charge is 0.316 e. The third kappa shape index (κ3) is 4.63. The monoisotopic (exact) mass is 375 g/mol. The largest absolute Gasteiger partial charge is 0.459 e. The Hall–Kier alpha value is -2.81. The molecule has 0 saturated heterocycles. The van der Waals surface area contributed by atoms with Gasteiger partial charge in [-0.2, -0.15) is 0 Å². The number of benzene rings is 1. The second-order valence-electron chi connectivity index (χ2n) is 6.13. The lowest BCUT2D eigenvalue weighted by molar-refractivity contribution is -0.497. The van der Waals surface area contributed by atoms with Crippen molar-refractivity contribution < 1.29 is 19.2 Å². The molecule has 136 valence electrons. The first-order valence-corrected chi connectivity index (χ1v) is 8.90. The number of carbonyl (C=O) groups is 2. The van der Waals surface area contributed by atoms with Gasteiger partial charge in [0.15, 0.2) is 0 Å². The topological polar surface area (TPSA) is 111 Å². The minimum atomic E-state index is -0.820. The number of carbonyl (C=O) groups excluding carboxylic acids is 2. The molecule has 0 spiro atoms. The molecule has 0 radical (unpaired) electrons. The van der Waals surface area contributed by atoms with Gasteiger partial charge in [0.2, 0.25) is 11.9 Å². The lowest BCUT2D eigenvalue weighted by Gasteiger charge is -2.04. The summed E-state index contributed by atoms with van der Waals surface area (Å²) in [6, 6.07) is 6.66. The number of aromatic nitrogens is 1. The van der Waals surface area contributed by atoms with Gasteiger partial charge in [-0.1, -0.05) is 17.7 Å². The third-order valence-electron chi connectivity index (χ3n) is 3.94. The number of ether oxygens (including phenoxy) is 1. The van der Waals surface area contributed by atoms with Crippen LogP contribution in [0.15, 0.2) is 29.6 Å². The molecule has 8 nitrogen and oxygen atoms in total. The summed E-state index contributed by atoms with van der Waals surface area (Å²) >= 11 is 1.30. The highest BCUT2D eigenvalue weighted by Crippen LogP contribution is 2.34. The fourth-order valence-corrected chi connectivity index (χ4v) is 3.17. The minimum Gasteiger partial charge on any atom is -0.459 e. The molecule has 1 heterocycles. The molecule has 3 rings (SSSR count). The van der Waals surface area contributed by atoms with Gasteiger partial charge in [-0.05, 0) is 19.1 Å². The van der Waals surface area contributed by atoms with Crippen molar-refractivity contribution in [3.63, 3.8) is 0 Å². The van der Waals surface area contributed by atoms with Crippen molar-refractivity contribution in [2.24, 2.45) is 5.92 Å². The zero-order chi connectivity index (χ0) is 18.7. The van der Waals surface area contributed by atoms with Crippen LogP contribution in [0.1, 0.15) is 22.7 Å². The van der Waals surface area contributed by atoms with Crippen LogP contribution in [0, 0.1) is 23.0 Å². The number of nitro groups is 1. The molecule has 9 heteroatoms. The standard InChI is InChI=1S/C17H17N3O5S/c1-10-2-4-11(5-3-10)18-15(21)7-16-19-12(9-26-16)8-25-17(22)13-6-14(13)20(23)24/h2-5,9,13-14H,6-8H2,1H3,(H,18,21). The number of rotatable bonds is 7. The lowest BCUT2D eigenvalue weighted by Crippen LogP contribution is -2.15. The van der Waals surface area contributed by atoms with Crippen molar-refractivity contribution in [3.05, 3.63) is 56.0 Å². The summed E-state index contributed by atoms with van der Waals surface area (Å²) in [5.74, 6) is -1.40. The van der Waals surface area contributed by atoms with Crippen molar-refractivity contribution in [3.8, 4) is 0 Å². The summed E-state index contributed by atoms with van der Waals surface area (Å²) in [5, 5.41) is 15.7. The second-order valence-corrected chi connectivity index (χ2v) is 7.07. The number of anilines is 1. The molecule has 2 aromatic rings. The summed E-state index contributed by atoms with van der Waals surface area (Å²) in [6.45, 7) is 1.92. The Bertz CT molecular complexity index is 833. The van der Waals surface area contributed by atoms with Gasteiger partial charge in [0, 0.05) is 22.4 Å². The van der Waals surface area contributed by atoms with E-state index in [0.29, 0.717) is 10.7 Å². The number of hydrogen-bond acceptors (Lipinski definition) is 7. The van der Waals surface area contributed by atoms with Gasteiger partial charge in [-0.3, -0.25) is 19.7 Å². The molecule has 2 unspecified atom stereocenters. The van der Waals surface area contributed by atoms with Gasteiger partial charge < -0.3 is 10.1 Å². The van der Waals surface area contributed by atoms with E-state index in [1.807, 2.05) is 31.2 Å². The number of hydrogen-bond donors (Lipinski definition) is 1. The maximum Gasteiger partial charge on any atom is 0.316 e. The first kappa shape index (κ1) is 18.0. The molecular formula is C17H17N3O5S. The fourth-order valence-electron chi connectivity index (χ4n) is 2.40. The van der Waals surface area contributed by atoms with Crippen LogP contribution in [0.4, 0.5) is 5.69 Å². The van der Waals surface area contributed by atoms with E-state index in [-0.39, 0.29) is 25.4 Å². The first-order valence-electron chi connectivity index (χ1n) is 8.02. The number of thiazole rings is 1. The van der Waals surface area contributed by atoms with Gasteiger partial charge in [0.25, 0.3) is 0 Å². The van der Waals surface area contributed by atoms with Crippen molar-refractivity contribution in [1.82, 2.24) is 4.98 Å². The summed E-state index contributed by atoms with van der Waals surface area (Å²) in [7, 11) is 0. The zero-order valence-electron chi connectivity index (χ0n) is 14.0. The molecule has 1 aliphatic carbocycles. The average Bonchev–Trinajstić information content (AvgIpc) is 3.29. The molecular weight excluding hydrogens is 358 g/mol. The minimum absolute atomic E-state index is 0.0458. The molecule has 1 aliphatic rings. The van der Waals surface area contributed by atoms with E-state index < -0.39 is 22.9 Å². The zero-order valence-corrected chi connectivity index (χ0v) is 14.8. The van der Waals surface area contributed by atoms with Gasteiger partial charge in [0.1, 0.15) is 17.5 Å². The highest BCUT2D eigenvalue weighted by Gasteiger charge is 2.54. The van der Waals surface area contributed by atoms with Gasteiger partial charge in [-0.15, -0.1) is 11.3 Å². The van der Waals surface area contributed by atoms with Crippen LogP contribution in [0.2, 0.25) is 0 Å². The first-order chi connectivity index (χ1) is 12.4.